The van der Waals surface area contributed by atoms with E-state index in [4.69, 9.17) is 28.3 Å². The van der Waals surface area contributed by atoms with Crippen LogP contribution in [-0.2, 0) is 4.79 Å². The van der Waals surface area contributed by atoms with Crippen molar-refractivity contribution in [3.05, 3.63) is 33.8 Å². The Morgan fingerprint density at radius 2 is 2.00 bits per heavy atom. The van der Waals surface area contributed by atoms with Crippen LogP contribution in [0.1, 0.15) is 5.56 Å². The van der Waals surface area contributed by atoms with Crippen LogP contribution in [0.25, 0.3) is 6.08 Å². The average Bonchev–Trinajstić information content (AvgIpc) is 2.11. The van der Waals surface area contributed by atoms with E-state index in [1.54, 1.807) is 0 Å². The third-order valence-electron chi connectivity index (χ3n) is 1.50. The molecule has 0 aliphatic carbocycles. The average molecular weight is 233 g/mol. The second kappa shape index (κ2) is 4.35. The van der Waals surface area contributed by atoms with E-state index in [9.17, 15) is 9.90 Å². The second-order valence-electron chi connectivity index (χ2n) is 2.47. The number of carbonyl (C=O) groups is 1. The van der Waals surface area contributed by atoms with Crippen molar-refractivity contribution in [1.29, 1.82) is 0 Å². The normalized spacial score (nSPS) is 10.7. The molecule has 5 heteroatoms. The van der Waals surface area contributed by atoms with Gasteiger partial charge in [0.05, 0.1) is 10.0 Å². The predicted molar refractivity (Wildman–Crippen MR) is 54.8 cm³/mol. The maximum absolute atomic E-state index is 10.2. The van der Waals surface area contributed by atoms with E-state index in [1.807, 2.05) is 0 Å². The summed E-state index contributed by atoms with van der Waals surface area (Å²) >= 11 is 11.4. The number of benzene rings is 1. The summed E-state index contributed by atoms with van der Waals surface area (Å²) < 4.78 is 0. The zero-order valence-corrected chi connectivity index (χ0v) is 8.38. The molecule has 0 saturated carbocycles. The van der Waals surface area contributed by atoms with Crippen LogP contribution < -0.4 is 0 Å². The van der Waals surface area contributed by atoms with Crippen molar-refractivity contribution in [1.82, 2.24) is 0 Å². The van der Waals surface area contributed by atoms with Gasteiger partial charge in [-0.05, 0) is 18.2 Å². The Morgan fingerprint density at radius 3 is 2.57 bits per heavy atom. The predicted octanol–water partition coefficient (Wildman–Crippen LogP) is 2.80. The first-order chi connectivity index (χ1) is 6.52. The molecule has 0 saturated heterocycles. The van der Waals surface area contributed by atoms with Gasteiger partial charge in [-0.15, -0.1) is 0 Å². The highest BCUT2D eigenvalue weighted by Crippen LogP contribution is 2.33. The topological polar surface area (TPSA) is 57.5 Å². The van der Waals surface area contributed by atoms with Crippen molar-refractivity contribution in [3.8, 4) is 5.75 Å². The standard InChI is InChI=1S/C9H6Cl2O3/c10-6-2-3-7(12)5(9(6)11)1-4-8(13)14/h1-4,12H,(H,13,14)/b4-1+. The van der Waals surface area contributed by atoms with Gasteiger partial charge in [-0.1, -0.05) is 23.2 Å². The molecule has 1 rings (SSSR count). The van der Waals surface area contributed by atoms with Gasteiger partial charge >= 0.3 is 5.97 Å². The van der Waals surface area contributed by atoms with Crippen LogP contribution >= 0.6 is 23.2 Å². The number of halogens is 2. The van der Waals surface area contributed by atoms with Crippen molar-refractivity contribution in [2.45, 2.75) is 0 Å². The van der Waals surface area contributed by atoms with Crippen LogP contribution in [-0.4, -0.2) is 16.2 Å². The second-order valence-corrected chi connectivity index (χ2v) is 3.25. The summed E-state index contributed by atoms with van der Waals surface area (Å²) in [7, 11) is 0. The number of hydrogen-bond donors (Lipinski definition) is 2. The molecule has 0 unspecified atom stereocenters. The fourth-order valence-corrected chi connectivity index (χ4v) is 1.26. The fourth-order valence-electron chi connectivity index (χ4n) is 0.869. The first-order valence-electron chi connectivity index (χ1n) is 3.60. The molecule has 2 N–H and O–H groups in total. The Morgan fingerprint density at radius 1 is 1.36 bits per heavy atom. The highest BCUT2D eigenvalue weighted by molar-refractivity contribution is 6.43. The van der Waals surface area contributed by atoms with Crippen molar-refractivity contribution < 1.29 is 15.0 Å². The van der Waals surface area contributed by atoms with Gasteiger partial charge in [-0.25, -0.2) is 4.79 Å². The zero-order chi connectivity index (χ0) is 10.7. The molecule has 0 atom stereocenters. The number of rotatable bonds is 2. The van der Waals surface area contributed by atoms with Gasteiger partial charge in [-0.2, -0.15) is 0 Å². The van der Waals surface area contributed by atoms with Crippen molar-refractivity contribution in [2.24, 2.45) is 0 Å². The van der Waals surface area contributed by atoms with Crippen molar-refractivity contribution >= 4 is 35.2 Å². The summed E-state index contributed by atoms with van der Waals surface area (Å²) in [5.41, 5.74) is 0.196. The molecule has 0 aliphatic heterocycles. The summed E-state index contributed by atoms with van der Waals surface area (Å²) in [4.78, 5) is 10.2. The van der Waals surface area contributed by atoms with Gasteiger partial charge in [0.25, 0.3) is 0 Å². The molecule has 14 heavy (non-hydrogen) atoms. The Kier molecular flexibility index (Phi) is 3.38. The lowest BCUT2D eigenvalue weighted by Gasteiger charge is -2.02. The third kappa shape index (κ3) is 2.40. The maximum atomic E-state index is 10.2. The van der Waals surface area contributed by atoms with Gasteiger partial charge in [0.1, 0.15) is 5.75 Å². The minimum Gasteiger partial charge on any atom is -0.507 e. The largest absolute Gasteiger partial charge is 0.507 e. The molecule has 0 aromatic heterocycles. The molecule has 3 nitrogen and oxygen atoms in total. The summed E-state index contributed by atoms with van der Waals surface area (Å²) in [5.74, 6) is -1.24. The molecule has 0 radical (unpaired) electrons. The van der Waals surface area contributed by atoms with E-state index < -0.39 is 5.97 Å². The number of aromatic hydroxyl groups is 1. The Bertz CT molecular complexity index is 399. The van der Waals surface area contributed by atoms with E-state index in [1.165, 1.54) is 18.2 Å². The molecular formula is C9H6Cl2O3. The quantitative estimate of drug-likeness (QED) is 0.772. The number of phenolic OH excluding ortho intramolecular Hbond substituents is 1. The van der Waals surface area contributed by atoms with Crippen LogP contribution in [0.15, 0.2) is 18.2 Å². The minimum atomic E-state index is -1.12. The van der Waals surface area contributed by atoms with Crippen LogP contribution in [0, 0.1) is 0 Å². The monoisotopic (exact) mass is 232 g/mol. The van der Waals surface area contributed by atoms with Gasteiger partial charge in [-0.3, -0.25) is 0 Å². The van der Waals surface area contributed by atoms with Crippen molar-refractivity contribution in [2.75, 3.05) is 0 Å². The van der Waals surface area contributed by atoms with Crippen molar-refractivity contribution in [3.63, 3.8) is 0 Å². The Hall–Kier alpha value is -1.19. The third-order valence-corrected chi connectivity index (χ3v) is 2.32. The number of carboxylic acids is 1. The van der Waals surface area contributed by atoms with Gasteiger partial charge in [0, 0.05) is 11.6 Å². The lowest BCUT2D eigenvalue weighted by atomic mass is 10.2. The minimum absolute atomic E-state index is 0.114. The van der Waals surface area contributed by atoms with Crippen LogP contribution in [0.2, 0.25) is 10.0 Å². The molecule has 74 valence electrons. The maximum Gasteiger partial charge on any atom is 0.328 e. The first-order valence-corrected chi connectivity index (χ1v) is 4.36. The Labute approximate surface area is 90.2 Å². The van der Waals surface area contributed by atoms with E-state index in [2.05, 4.69) is 0 Å². The van der Waals surface area contributed by atoms with E-state index in [0.717, 1.165) is 6.08 Å². The highest BCUT2D eigenvalue weighted by atomic mass is 35.5. The smallest absolute Gasteiger partial charge is 0.328 e. The van der Waals surface area contributed by atoms with Gasteiger partial charge in [0.2, 0.25) is 0 Å². The molecule has 0 amide bonds. The summed E-state index contributed by atoms with van der Waals surface area (Å²) in [6, 6.07) is 2.77. The van der Waals surface area contributed by atoms with E-state index in [0.29, 0.717) is 0 Å². The lowest BCUT2D eigenvalue weighted by molar-refractivity contribution is -0.131. The fraction of sp³-hybridized carbons (Fsp3) is 0. The molecular weight excluding hydrogens is 227 g/mol. The molecule has 0 aliphatic rings. The summed E-state index contributed by atoms with van der Waals surface area (Å²) in [6.45, 7) is 0. The molecule has 1 aromatic rings. The number of hydrogen-bond acceptors (Lipinski definition) is 2. The first kappa shape index (κ1) is 10.9. The lowest BCUT2D eigenvalue weighted by Crippen LogP contribution is -1.86. The molecule has 0 spiro atoms. The number of aliphatic carboxylic acids is 1. The van der Waals surface area contributed by atoms with E-state index >= 15 is 0 Å². The van der Waals surface area contributed by atoms with Crippen LogP contribution in [0.5, 0.6) is 5.75 Å². The molecule has 0 heterocycles. The summed E-state index contributed by atoms with van der Waals surface area (Å²) in [6.07, 6.45) is 2.06. The van der Waals surface area contributed by atoms with Gasteiger partial charge < -0.3 is 10.2 Å². The Balaban J connectivity index is 3.19. The van der Waals surface area contributed by atoms with Gasteiger partial charge in [0.15, 0.2) is 0 Å². The molecule has 0 bridgehead atoms. The molecule has 0 fully saturated rings. The SMILES string of the molecule is O=C(O)/C=C/c1c(O)ccc(Cl)c1Cl. The summed E-state index contributed by atoms with van der Waals surface area (Å²) in [5, 5.41) is 18.1. The highest BCUT2D eigenvalue weighted by Gasteiger charge is 2.07. The number of phenols is 1. The molecule has 1 aromatic carbocycles. The zero-order valence-electron chi connectivity index (χ0n) is 6.87. The van der Waals surface area contributed by atoms with Crippen LogP contribution in [0.3, 0.4) is 0 Å². The van der Waals surface area contributed by atoms with E-state index in [-0.39, 0.29) is 21.4 Å². The number of carboxylic acid groups (broad SMARTS) is 1. The van der Waals surface area contributed by atoms with Crippen LogP contribution in [0.4, 0.5) is 0 Å².